The van der Waals surface area contributed by atoms with Crippen molar-refractivity contribution in [2.75, 3.05) is 5.75 Å². The lowest BCUT2D eigenvalue weighted by Gasteiger charge is -2.06. The van der Waals surface area contributed by atoms with Crippen LogP contribution in [0.25, 0.3) is 11.1 Å². The number of amides is 1. The van der Waals surface area contributed by atoms with Crippen molar-refractivity contribution in [3.8, 4) is 17.2 Å². The Bertz CT molecular complexity index is 735. The van der Waals surface area contributed by atoms with Crippen molar-refractivity contribution in [1.82, 2.24) is 0 Å². The van der Waals surface area contributed by atoms with Crippen molar-refractivity contribution < 1.29 is 9.00 Å². The number of nitrogens with zero attached hydrogens (tertiary/aromatic N) is 1. The van der Waals surface area contributed by atoms with Crippen molar-refractivity contribution in [3.63, 3.8) is 0 Å². The molecule has 2 aromatic rings. The molecule has 5 heteroatoms. The Hall–Kier alpha value is -2.45. The first-order valence-electron chi connectivity index (χ1n) is 6.31. The molecule has 0 saturated carbocycles. The minimum Gasteiger partial charge on any atom is -0.369 e. The summed E-state index contributed by atoms with van der Waals surface area (Å²) in [4.78, 5) is 10.8. The van der Waals surface area contributed by atoms with Crippen molar-refractivity contribution in [3.05, 3.63) is 59.7 Å². The molecule has 1 atom stereocenters. The molecule has 2 N–H and O–H groups in total. The summed E-state index contributed by atoms with van der Waals surface area (Å²) in [6.45, 7) is 0. The van der Waals surface area contributed by atoms with E-state index in [0.717, 1.165) is 16.7 Å². The van der Waals surface area contributed by atoms with E-state index in [1.54, 1.807) is 12.1 Å². The lowest BCUT2D eigenvalue weighted by molar-refractivity contribution is -0.115. The monoisotopic (exact) mass is 298 g/mol. The predicted molar refractivity (Wildman–Crippen MR) is 82.5 cm³/mol. The topological polar surface area (TPSA) is 83.9 Å². The molecule has 0 heterocycles. The maximum absolute atomic E-state index is 11.7. The van der Waals surface area contributed by atoms with E-state index in [1.807, 2.05) is 36.4 Å². The second kappa shape index (κ2) is 6.82. The fraction of sp³-hybridized carbons (Fsp3) is 0.125. The first-order valence-corrected chi connectivity index (χ1v) is 7.80. The molecule has 4 nitrogen and oxygen atoms in total. The Morgan fingerprint density at radius 3 is 2.48 bits per heavy atom. The molecule has 0 fully saturated rings. The third kappa shape index (κ3) is 4.26. The van der Waals surface area contributed by atoms with E-state index in [9.17, 15) is 9.00 Å². The molecular formula is C16H14N2O2S. The van der Waals surface area contributed by atoms with Gasteiger partial charge in [0.25, 0.3) is 0 Å². The van der Waals surface area contributed by atoms with Gasteiger partial charge in [-0.15, -0.1) is 0 Å². The summed E-state index contributed by atoms with van der Waals surface area (Å²) in [7, 11) is -1.30. The van der Waals surface area contributed by atoms with E-state index in [1.165, 1.54) is 0 Å². The van der Waals surface area contributed by atoms with Gasteiger partial charge in [-0.25, -0.2) is 0 Å². The van der Waals surface area contributed by atoms with Crippen LogP contribution in [0, 0.1) is 11.3 Å². The average Bonchev–Trinajstić information content (AvgIpc) is 2.46. The third-order valence-electron chi connectivity index (χ3n) is 2.88. The number of nitrogens with two attached hydrogens (primary N) is 1. The zero-order valence-corrected chi connectivity index (χ0v) is 12.1. The Kier molecular flexibility index (Phi) is 4.85. The molecule has 0 aromatic heterocycles. The average molecular weight is 298 g/mol. The van der Waals surface area contributed by atoms with Crippen LogP contribution in [0.5, 0.6) is 0 Å². The molecule has 0 saturated heterocycles. The molecule has 0 bridgehead atoms. The Labute approximate surface area is 125 Å². The van der Waals surface area contributed by atoms with Gasteiger partial charge in [0, 0.05) is 16.6 Å². The minimum absolute atomic E-state index is 0.131. The van der Waals surface area contributed by atoms with E-state index >= 15 is 0 Å². The van der Waals surface area contributed by atoms with Gasteiger partial charge in [0.05, 0.1) is 11.6 Å². The van der Waals surface area contributed by atoms with Gasteiger partial charge in [0.1, 0.15) is 5.75 Å². The molecule has 0 aliphatic carbocycles. The van der Waals surface area contributed by atoms with Crippen molar-refractivity contribution in [2.45, 2.75) is 5.75 Å². The van der Waals surface area contributed by atoms with Crippen LogP contribution < -0.4 is 5.73 Å². The van der Waals surface area contributed by atoms with Crippen LogP contribution in [0.15, 0.2) is 48.5 Å². The van der Waals surface area contributed by atoms with Gasteiger partial charge in [0.15, 0.2) is 0 Å². The molecule has 21 heavy (non-hydrogen) atoms. The van der Waals surface area contributed by atoms with Crippen molar-refractivity contribution in [2.24, 2.45) is 5.73 Å². The van der Waals surface area contributed by atoms with Crippen molar-refractivity contribution in [1.29, 1.82) is 5.26 Å². The van der Waals surface area contributed by atoms with E-state index in [2.05, 4.69) is 6.07 Å². The minimum atomic E-state index is -1.30. The number of hydrogen-bond donors (Lipinski definition) is 1. The summed E-state index contributed by atoms with van der Waals surface area (Å²) in [6.07, 6.45) is 0. The van der Waals surface area contributed by atoms with Crippen molar-refractivity contribution >= 4 is 16.7 Å². The lowest BCUT2D eigenvalue weighted by atomic mass is 10.0. The summed E-state index contributed by atoms with van der Waals surface area (Å²) >= 11 is 0. The van der Waals surface area contributed by atoms with Crippen LogP contribution in [0.4, 0.5) is 0 Å². The van der Waals surface area contributed by atoms with Gasteiger partial charge in [0.2, 0.25) is 5.91 Å². The number of hydrogen-bond acceptors (Lipinski definition) is 3. The molecule has 0 radical (unpaired) electrons. The molecule has 0 unspecified atom stereocenters. The Morgan fingerprint density at radius 1 is 1.14 bits per heavy atom. The van der Waals surface area contributed by atoms with E-state index < -0.39 is 16.7 Å². The van der Waals surface area contributed by atoms with E-state index in [0.29, 0.717) is 5.56 Å². The van der Waals surface area contributed by atoms with E-state index in [-0.39, 0.29) is 11.5 Å². The number of nitriles is 1. The number of carbonyl (C=O) groups excluding carboxylic acids is 1. The van der Waals surface area contributed by atoms with Crippen LogP contribution in [0.3, 0.4) is 0 Å². The number of primary amides is 1. The molecule has 2 rings (SSSR count). The summed E-state index contributed by atoms with van der Waals surface area (Å²) in [5.74, 6) is -0.408. The van der Waals surface area contributed by atoms with Gasteiger partial charge in [-0.3, -0.25) is 9.00 Å². The van der Waals surface area contributed by atoms with Crippen LogP contribution >= 0.6 is 0 Å². The third-order valence-corrected chi connectivity index (χ3v) is 4.14. The summed E-state index contributed by atoms with van der Waals surface area (Å²) < 4.78 is 11.7. The van der Waals surface area contributed by atoms with Crippen LogP contribution in [0.2, 0.25) is 0 Å². The molecular weight excluding hydrogens is 284 g/mol. The highest BCUT2D eigenvalue weighted by atomic mass is 32.2. The first-order chi connectivity index (χ1) is 10.1. The zero-order chi connectivity index (χ0) is 15.2. The Balaban J connectivity index is 2.23. The van der Waals surface area contributed by atoms with Crippen LogP contribution in [-0.2, 0) is 21.3 Å². The fourth-order valence-corrected chi connectivity index (χ4v) is 2.98. The molecule has 0 spiro atoms. The second-order valence-corrected chi connectivity index (χ2v) is 6.04. The lowest BCUT2D eigenvalue weighted by Crippen LogP contribution is -2.20. The molecule has 0 aliphatic rings. The predicted octanol–water partition coefficient (Wildman–Crippen LogP) is 1.96. The normalized spacial score (nSPS) is 11.6. The fourth-order valence-electron chi connectivity index (χ4n) is 2.00. The van der Waals surface area contributed by atoms with Gasteiger partial charge in [-0.1, -0.05) is 36.4 Å². The summed E-state index contributed by atoms with van der Waals surface area (Å²) in [5, 5.41) is 8.93. The number of rotatable bonds is 5. The highest BCUT2D eigenvalue weighted by Crippen LogP contribution is 2.22. The summed E-state index contributed by atoms with van der Waals surface area (Å²) in [6, 6.07) is 17.0. The van der Waals surface area contributed by atoms with Gasteiger partial charge < -0.3 is 5.73 Å². The number of carbonyl (C=O) groups is 1. The highest BCUT2D eigenvalue weighted by Gasteiger charge is 2.07. The smallest absolute Gasteiger partial charge is 0.230 e. The molecule has 0 aliphatic heterocycles. The zero-order valence-electron chi connectivity index (χ0n) is 11.3. The molecule has 106 valence electrons. The standard InChI is InChI=1S/C16H14N2O2S/c17-9-12-3-1-5-14(7-12)15-6-2-4-13(8-15)10-21(20)11-16(18)19/h1-8H,10-11H2,(H2,18,19)/t21-/m0/s1. The Morgan fingerprint density at radius 2 is 1.81 bits per heavy atom. The molecule has 1 amide bonds. The van der Waals surface area contributed by atoms with E-state index in [4.69, 9.17) is 11.0 Å². The van der Waals surface area contributed by atoms with Gasteiger partial charge in [-0.2, -0.15) is 5.26 Å². The highest BCUT2D eigenvalue weighted by molar-refractivity contribution is 7.84. The summed E-state index contributed by atoms with van der Waals surface area (Å²) in [5.41, 5.74) is 8.37. The number of benzene rings is 2. The SMILES string of the molecule is N#Cc1cccc(-c2cccc(C[S@](=O)CC(N)=O)c2)c1. The quantitative estimate of drug-likeness (QED) is 0.915. The molecule has 2 aromatic carbocycles. The maximum atomic E-state index is 11.7. The van der Waals surface area contributed by atoms with Gasteiger partial charge in [-0.05, 0) is 28.8 Å². The first kappa shape index (κ1) is 14.9. The van der Waals surface area contributed by atoms with Crippen LogP contribution in [0.1, 0.15) is 11.1 Å². The largest absolute Gasteiger partial charge is 0.369 e. The second-order valence-electron chi connectivity index (χ2n) is 4.59. The van der Waals surface area contributed by atoms with Gasteiger partial charge >= 0.3 is 0 Å². The maximum Gasteiger partial charge on any atom is 0.230 e. The van der Waals surface area contributed by atoms with Crippen LogP contribution in [-0.4, -0.2) is 15.9 Å².